The lowest BCUT2D eigenvalue weighted by Crippen LogP contribution is -2.26. The Balaban J connectivity index is 3.01. The van der Waals surface area contributed by atoms with Crippen molar-refractivity contribution < 1.29 is 9.84 Å². The molecule has 0 saturated carbocycles. The number of aromatic hydroxyl groups is 1. The van der Waals surface area contributed by atoms with Crippen LogP contribution in [-0.2, 0) is 11.3 Å². The van der Waals surface area contributed by atoms with Crippen molar-refractivity contribution in [2.24, 2.45) is 5.73 Å². The minimum absolute atomic E-state index is 0.102. The van der Waals surface area contributed by atoms with Crippen LogP contribution < -0.4 is 11.3 Å². The second-order valence-electron chi connectivity index (χ2n) is 3.70. The van der Waals surface area contributed by atoms with E-state index >= 15 is 0 Å². The molecular weight excluding hydrogens is 222 g/mol. The van der Waals surface area contributed by atoms with E-state index in [0.29, 0.717) is 5.56 Å². The van der Waals surface area contributed by atoms with Gasteiger partial charge >= 0.3 is 0 Å². The molecule has 6 heteroatoms. The SMILES string of the molecule is Cc1cc(=O)n(CCOC(C)N)c(O)c1C#N. The number of nitrogens with zero attached hydrogens (tertiary/aromatic N) is 2. The second kappa shape index (κ2) is 5.48. The molecule has 3 N–H and O–H groups in total. The molecule has 0 radical (unpaired) electrons. The van der Waals surface area contributed by atoms with Crippen LogP contribution in [0.5, 0.6) is 5.88 Å². The summed E-state index contributed by atoms with van der Waals surface area (Å²) in [6.45, 7) is 3.61. The Hall–Kier alpha value is -1.84. The van der Waals surface area contributed by atoms with Crippen LogP contribution in [0.3, 0.4) is 0 Å². The molecule has 0 fully saturated rings. The van der Waals surface area contributed by atoms with Crippen LogP contribution in [0.4, 0.5) is 0 Å². The zero-order valence-electron chi connectivity index (χ0n) is 9.80. The maximum absolute atomic E-state index is 11.6. The average molecular weight is 237 g/mol. The van der Waals surface area contributed by atoms with Gasteiger partial charge in [-0.25, -0.2) is 0 Å². The maximum Gasteiger partial charge on any atom is 0.253 e. The molecule has 6 nitrogen and oxygen atoms in total. The predicted octanol–water partition coefficient (Wildman–Crippen LogP) is 0.0553. The fraction of sp³-hybridized carbons (Fsp3) is 0.455. The van der Waals surface area contributed by atoms with Gasteiger partial charge in [-0.1, -0.05) is 0 Å². The van der Waals surface area contributed by atoms with Crippen LogP contribution in [0.2, 0.25) is 0 Å². The highest BCUT2D eigenvalue weighted by atomic mass is 16.5. The first-order valence-corrected chi connectivity index (χ1v) is 5.18. The minimum Gasteiger partial charge on any atom is -0.493 e. The van der Waals surface area contributed by atoms with Crippen molar-refractivity contribution in [3.05, 3.63) is 27.5 Å². The topological polar surface area (TPSA) is 101 Å². The Labute approximate surface area is 98.9 Å². The zero-order chi connectivity index (χ0) is 13.0. The molecule has 0 spiro atoms. The summed E-state index contributed by atoms with van der Waals surface area (Å²) >= 11 is 0. The van der Waals surface area contributed by atoms with Gasteiger partial charge in [0.1, 0.15) is 17.9 Å². The Morgan fingerprint density at radius 1 is 1.71 bits per heavy atom. The summed E-state index contributed by atoms with van der Waals surface area (Å²) in [6.07, 6.45) is -0.436. The number of hydrogen-bond acceptors (Lipinski definition) is 5. The first-order chi connectivity index (χ1) is 7.97. The van der Waals surface area contributed by atoms with Crippen molar-refractivity contribution in [1.82, 2.24) is 4.57 Å². The number of nitriles is 1. The molecule has 1 aromatic rings. The normalized spacial score (nSPS) is 12.1. The summed E-state index contributed by atoms with van der Waals surface area (Å²) in [5.41, 5.74) is 5.58. The monoisotopic (exact) mass is 237 g/mol. The zero-order valence-corrected chi connectivity index (χ0v) is 9.80. The molecule has 1 atom stereocenters. The van der Waals surface area contributed by atoms with Gasteiger partial charge in [-0.15, -0.1) is 0 Å². The number of hydrogen-bond donors (Lipinski definition) is 2. The van der Waals surface area contributed by atoms with E-state index in [2.05, 4.69) is 0 Å². The Morgan fingerprint density at radius 2 is 2.35 bits per heavy atom. The van der Waals surface area contributed by atoms with Gasteiger partial charge in [0.25, 0.3) is 5.56 Å². The van der Waals surface area contributed by atoms with Crippen LogP contribution in [0.25, 0.3) is 0 Å². The second-order valence-corrected chi connectivity index (χ2v) is 3.70. The number of aryl methyl sites for hydroxylation is 1. The molecule has 0 bridgehead atoms. The Morgan fingerprint density at radius 3 is 2.88 bits per heavy atom. The first kappa shape index (κ1) is 13.2. The van der Waals surface area contributed by atoms with Gasteiger partial charge in [-0.05, 0) is 19.4 Å². The summed E-state index contributed by atoms with van der Waals surface area (Å²) in [5.74, 6) is -0.328. The molecule has 0 aliphatic carbocycles. The Kier molecular flexibility index (Phi) is 4.26. The molecule has 1 aromatic heterocycles. The van der Waals surface area contributed by atoms with E-state index in [1.165, 1.54) is 6.07 Å². The standard InChI is InChI=1S/C11H15N3O3/c1-7-5-10(15)14(3-4-17-8(2)13)11(16)9(7)6-12/h5,8,16H,3-4,13H2,1-2H3. The smallest absolute Gasteiger partial charge is 0.253 e. The lowest BCUT2D eigenvalue weighted by Gasteiger charge is -2.12. The van der Waals surface area contributed by atoms with Crippen molar-refractivity contribution in [2.45, 2.75) is 26.6 Å². The van der Waals surface area contributed by atoms with Gasteiger partial charge in [0, 0.05) is 6.07 Å². The van der Waals surface area contributed by atoms with Crippen molar-refractivity contribution in [1.29, 1.82) is 5.26 Å². The van der Waals surface area contributed by atoms with E-state index < -0.39 is 6.23 Å². The fourth-order valence-corrected chi connectivity index (χ4v) is 1.44. The number of aromatic nitrogens is 1. The summed E-state index contributed by atoms with van der Waals surface area (Å²) in [4.78, 5) is 11.6. The van der Waals surface area contributed by atoms with Gasteiger partial charge < -0.3 is 15.6 Å². The van der Waals surface area contributed by atoms with Gasteiger partial charge in [0.2, 0.25) is 5.88 Å². The molecule has 0 aromatic carbocycles. The third-order valence-corrected chi connectivity index (χ3v) is 2.29. The predicted molar refractivity (Wildman–Crippen MR) is 61.4 cm³/mol. The van der Waals surface area contributed by atoms with Crippen LogP contribution >= 0.6 is 0 Å². The average Bonchev–Trinajstić information content (AvgIpc) is 2.22. The van der Waals surface area contributed by atoms with E-state index in [4.69, 9.17) is 15.7 Å². The molecule has 0 amide bonds. The highest BCUT2D eigenvalue weighted by molar-refractivity contribution is 5.43. The quantitative estimate of drug-likeness (QED) is 0.721. The van der Waals surface area contributed by atoms with Gasteiger partial charge in [0.05, 0.1) is 13.2 Å². The number of ether oxygens (including phenoxy) is 1. The molecule has 0 saturated heterocycles. The largest absolute Gasteiger partial charge is 0.493 e. The van der Waals surface area contributed by atoms with Gasteiger partial charge in [-0.3, -0.25) is 9.36 Å². The van der Waals surface area contributed by atoms with E-state index in [1.807, 2.05) is 6.07 Å². The third-order valence-electron chi connectivity index (χ3n) is 2.29. The van der Waals surface area contributed by atoms with Crippen LogP contribution in [0, 0.1) is 18.3 Å². The number of pyridine rings is 1. The van der Waals surface area contributed by atoms with E-state index in [1.54, 1.807) is 13.8 Å². The van der Waals surface area contributed by atoms with Crippen molar-refractivity contribution >= 4 is 0 Å². The van der Waals surface area contributed by atoms with Crippen molar-refractivity contribution in [3.8, 4) is 11.9 Å². The highest BCUT2D eigenvalue weighted by Gasteiger charge is 2.12. The molecule has 0 aliphatic rings. The highest BCUT2D eigenvalue weighted by Crippen LogP contribution is 2.16. The first-order valence-electron chi connectivity index (χ1n) is 5.18. The van der Waals surface area contributed by atoms with Gasteiger partial charge in [-0.2, -0.15) is 5.26 Å². The third kappa shape index (κ3) is 3.06. The summed E-state index contributed by atoms with van der Waals surface area (Å²) in [5, 5.41) is 18.6. The molecule has 1 unspecified atom stereocenters. The van der Waals surface area contributed by atoms with E-state index in [9.17, 15) is 9.90 Å². The Bertz CT molecular complexity index is 500. The molecule has 1 rings (SSSR count). The summed E-state index contributed by atoms with van der Waals surface area (Å²) < 4.78 is 6.17. The van der Waals surface area contributed by atoms with Crippen LogP contribution in [0.15, 0.2) is 10.9 Å². The molecule has 1 heterocycles. The van der Waals surface area contributed by atoms with E-state index in [0.717, 1.165) is 4.57 Å². The fourth-order valence-electron chi connectivity index (χ4n) is 1.44. The minimum atomic E-state index is -0.436. The summed E-state index contributed by atoms with van der Waals surface area (Å²) in [7, 11) is 0. The lowest BCUT2D eigenvalue weighted by molar-refractivity contribution is 0.0631. The maximum atomic E-state index is 11.6. The van der Waals surface area contributed by atoms with Crippen molar-refractivity contribution in [2.75, 3.05) is 6.61 Å². The summed E-state index contributed by atoms with van der Waals surface area (Å²) in [6, 6.07) is 3.16. The number of nitrogens with two attached hydrogens (primary N) is 1. The molecule has 17 heavy (non-hydrogen) atoms. The molecule has 92 valence electrons. The van der Waals surface area contributed by atoms with E-state index in [-0.39, 0.29) is 30.2 Å². The van der Waals surface area contributed by atoms with Crippen molar-refractivity contribution in [3.63, 3.8) is 0 Å². The van der Waals surface area contributed by atoms with Gasteiger partial charge in [0.15, 0.2) is 0 Å². The number of rotatable bonds is 4. The van der Waals surface area contributed by atoms with Crippen LogP contribution in [0.1, 0.15) is 18.1 Å². The van der Waals surface area contributed by atoms with Crippen LogP contribution in [-0.4, -0.2) is 22.5 Å². The molecule has 0 aliphatic heterocycles. The lowest BCUT2D eigenvalue weighted by atomic mass is 10.1. The molecular formula is C11H15N3O3.